The number of aliphatic imine (C=N–C) groups is 1. The molecule has 4 N–H and O–H groups in total. The standard InChI is InChI=1S/C22H33N3O4/c1-14(26)20(28-3)19-7-4-15-12-16(5-6-18(15)29-19)21(24)25-22(13-27-2)10-8-17(23)9-11-22/h5-6,12,17,19-20H,4,7-11,13,23H2,1-3H3,(H2,24,25)/t17?,19-,20?,22?/m1/s1. The number of nitrogens with zero attached hydrogens (tertiary/aromatic N) is 1. The molecule has 2 aliphatic rings. The van der Waals surface area contributed by atoms with Crippen molar-refractivity contribution in [2.75, 3.05) is 20.8 Å². The van der Waals surface area contributed by atoms with Crippen molar-refractivity contribution >= 4 is 11.6 Å². The van der Waals surface area contributed by atoms with E-state index < -0.39 is 6.10 Å². The van der Waals surface area contributed by atoms with E-state index in [1.54, 1.807) is 14.2 Å². The van der Waals surface area contributed by atoms with Crippen LogP contribution in [0.4, 0.5) is 0 Å². The first kappa shape index (κ1) is 21.7. The Labute approximate surface area is 172 Å². The molecule has 0 radical (unpaired) electrons. The Kier molecular flexibility index (Phi) is 6.93. The fourth-order valence-corrected chi connectivity index (χ4v) is 4.42. The van der Waals surface area contributed by atoms with E-state index in [-0.39, 0.29) is 23.5 Å². The van der Waals surface area contributed by atoms with Gasteiger partial charge in [0.1, 0.15) is 17.7 Å². The summed E-state index contributed by atoms with van der Waals surface area (Å²) in [6.07, 6.45) is 4.32. The Morgan fingerprint density at radius 2 is 2.03 bits per heavy atom. The molecule has 1 fully saturated rings. The number of rotatable bonds is 7. The molecule has 7 heteroatoms. The second kappa shape index (κ2) is 9.24. The third-order valence-electron chi connectivity index (χ3n) is 6.06. The monoisotopic (exact) mass is 403 g/mol. The lowest BCUT2D eigenvalue weighted by molar-refractivity contribution is -0.132. The summed E-state index contributed by atoms with van der Waals surface area (Å²) < 4.78 is 16.8. The molecule has 160 valence electrons. The minimum absolute atomic E-state index is 0.0235. The molecule has 3 rings (SSSR count). The van der Waals surface area contributed by atoms with Gasteiger partial charge in [-0.15, -0.1) is 0 Å². The van der Waals surface area contributed by atoms with Crippen LogP contribution in [0.5, 0.6) is 5.75 Å². The summed E-state index contributed by atoms with van der Waals surface area (Å²) in [7, 11) is 3.24. The van der Waals surface area contributed by atoms with Crippen LogP contribution in [0.2, 0.25) is 0 Å². The van der Waals surface area contributed by atoms with Crippen LogP contribution in [0.15, 0.2) is 23.2 Å². The average Bonchev–Trinajstić information content (AvgIpc) is 2.70. The zero-order chi connectivity index (χ0) is 21.0. The van der Waals surface area contributed by atoms with Gasteiger partial charge in [0.05, 0.1) is 12.1 Å². The van der Waals surface area contributed by atoms with Gasteiger partial charge < -0.3 is 25.7 Å². The second-order valence-electron chi connectivity index (χ2n) is 8.28. The van der Waals surface area contributed by atoms with E-state index in [9.17, 15) is 4.79 Å². The Hall–Kier alpha value is -1.96. The molecule has 1 aromatic rings. The number of ether oxygens (including phenoxy) is 3. The fraction of sp³-hybridized carbons (Fsp3) is 0.636. The Morgan fingerprint density at radius 3 is 2.66 bits per heavy atom. The molecule has 0 aromatic heterocycles. The van der Waals surface area contributed by atoms with Gasteiger partial charge in [0, 0.05) is 25.8 Å². The Bertz CT molecular complexity index is 756. The predicted molar refractivity (Wildman–Crippen MR) is 112 cm³/mol. The van der Waals surface area contributed by atoms with Crippen molar-refractivity contribution in [3.05, 3.63) is 29.3 Å². The summed E-state index contributed by atoms with van der Waals surface area (Å²) in [5.41, 5.74) is 14.1. The Morgan fingerprint density at radius 1 is 1.31 bits per heavy atom. The lowest BCUT2D eigenvalue weighted by Gasteiger charge is -2.36. The zero-order valence-corrected chi connectivity index (χ0v) is 17.6. The van der Waals surface area contributed by atoms with Crippen molar-refractivity contribution in [3.63, 3.8) is 0 Å². The maximum Gasteiger partial charge on any atom is 0.162 e. The van der Waals surface area contributed by atoms with E-state index in [1.165, 1.54) is 6.92 Å². The summed E-state index contributed by atoms with van der Waals surface area (Å²) in [4.78, 5) is 16.7. The van der Waals surface area contributed by atoms with E-state index in [2.05, 4.69) is 0 Å². The maximum atomic E-state index is 11.8. The van der Waals surface area contributed by atoms with E-state index in [1.807, 2.05) is 18.2 Å². The number of Topliss-reactive ketones (excluding diaryl/α,β-unsaturated/α-hetero) is 1. The summed E-state index contributed by atoms with van der Waals surface area (Å²) in [6.45, 7) is 2.07. The first-order valence-corrected chi connectivity index (χ1v) is 10.3. The van der Waals surface area contributed by atoms with Crippen molar-refractivity contribution in [2.24, 2.45) is 16.5 Å². The molecular formula is C22H33N3O4. The number of fused-ring (bicyclic) bond motifs is 1. The lowest BCUT2D eigenvalue weighted by atomic mass is 9.80. The minimum Gasteiger partial charge on any atom is -0.487 e. The molecular weight excluding hydrogens is 370 g/mol. The van der Waals surface area contributed by atoms with Crippen LogP contribution in [-0.2, 0) is 20.7 Å². The van der Waals surface area contributed by atoms with Crippen LogP contribution in [0.1, 0.15) is 50.2 Å². The highest BCUT2D eigenvalue weighted by Crippen LogP contribution is 2.33. The smallest absolute Gasteiger partial charge is 0.162 e. The number of amidine groups is 1. The van der Waals surface area contributed by atoms with E-state index in [0.29, 0.717) is 12.4 Å². The number of hydrogen-bond donors (Lipinski definition) is 2. The zero-order valence-electron chi connectivity index (χ0n) is 17.6. The third-order valence-corrected chi connectivity index (χ3v) is 6.06. The largest absolute Gasteiger partial charge is 0.487 e. The van der Waals surface area contributed by atoms with Gasteiger partial charge in [0.15, 0.2) is 11.9 Å². The predicted octanol–water partition coefficient (Wildman–Crippen LogP) is 1.98. The minimum atomic E-state index is -0.541. The van der Waals surface area contributed by atoms with Gasteiger partial charge in [0.2, 0.25) is 0 Å². The number of nitrogens with two attached hydrogens (primary N) is 2. The molecule has 7 nitrogen and oxygen atoms in total. The molecule has 1 aliphatic carbocycles. The van der Waals surface area contributed by atoms with Crippen LogP contribution >= 0.6 is 0 Å². The van der Waals surface area contributed by atoms with Gasteiger partial charge in [-0.25, -0.2) is 0 Å². The van der Waals surface area contributed by atoms with Crippen LogP contribution in [0.25, 0.3) is 0 Å². The van der Waals surface area contributed by atoms with E-state index in [4.69, 9.17) is 30.7 Å². The van der Waals surface area contributed by atoms with Crippen molar-refractivity contribution in [1.82, 2.24) is 0 Å². The number of hydrogen-bond acceptors (Lipinski definition) is 6. The number of benzene rings is 1. The molecule has 1 saturated carbocycles. The molecule has 2 atom stereocenters. The van der Waals surface area contributed by atoms with E-state index in [0.717, 1.165) is 55.4 Å². The normalized spacial score (nSPS) is 28.3. The molecule has 0 bridgehead atoms. The second-order valence-corrected chi connectivity index (χ2v) is 8.28. The quantitative estimate of drug-likeness (QED) is 0.532. The average molecular weight is 404 g/mol. The van der Waals surface area contributed by atoms with Crippen molar-refractivity contribution in [1.29, 1.82) is 0 Å². The number of aryl methyl sites for hydroxylation is 1. The van der Waals surface area contributed by atoms with E-state index >= 15 is 0 Å². The third kappa shape index (κ3) is 4.97. The van der Waals surface area contributed by atoms with Gasteiger partial charge in [-0.2, -0.15) is 0 Å². The molecule has 29 heavy (non-hydrogen) atoms. The molecule has 1 aromatic carbocycles. The van der Waals surface area contributed by atoms with Gasteiger partial charge in [-0.05, 0) is 69.2 Å². The van der Waals surface area contributed by atoms with Crippen molar-refractivity contribution in [2.45, 2.75) is 69.2 Å². The number of carbonyl (C=O) groups excluding carboxylic acids is 1. The van der Waals surface area contributed by atoms with Crippen LogP contribution < -0.4 is 16.2 Å². The highest BCUT2D eigenvalue weighted by Gasteiger charge is 2.35. The molecule has 1 unspecified atom stereocenters. The summed E-state index contributed by atoms with van der Waals surface area (Å²) in [5.74, 6) is 1.27. The van der Waals surface area contributed by atoms with Gasteiger partial charge >= 0.3 is 0 Å². The molecule has 0 amide bonds. The Balaban J connectivity index is 1.79. The first-order chi connectivity index (χ1) is 13.9. The van der Waals surface area contributed by atoms with Crippen LogP contribution in [0.3, 0.4) is 0 Å². The van der Waals surface area contributed by atoms with Crippen LogP contribution in [-0.4, -0.2) is 56.2 Å². The van der Waals surface area contributed by atoms with Crippen molar-refractivity contribution in [3.8, 4) is 5.75 Å². The summed E-state index contributed by atoms with van der Waals surface area (Å²) in [6, 6.07) is 6.10. The number of carbonyl (C=O) groups is 1. The summed E-state index contributed by atoms with van der Waals surface area (Å²) in [5, 5.41) is 0. The SMILES string of the molecule is COCC1(N=C(N)c2ccc3c(c2)CC[C@H](C(OC)C(C)=O)O3)CCC(N)CC1. The van der Waals surface area contributed by atoms with Gasteiger partial charge in [-0.3, -0.25) is 9.79 Å². The number of methoxy groups -OCH3 is 2. The maximum absolute atomic E-state index is 11.8. The van der Waals surface area contributed by atoms with Gasteiger partial charge in [-0.1, -0.05) is 0 Å². The first-order valence-electron chi connectivity index (χ1n) is 10.3. The molecule has 1 aliphatic heterocycles. The highest BCUT2D eigenvalue weighted by molar-refractivity contribution is 5.98. The fourth-order valence-electron chi connectivity index (χ4n) is 4.42. The van der Waals surface area contributed by atoms with Crippen molar-refractivity contribution < 1.29 is 19.0 Å². The number of ketones is 1. The topological polar surface area (TPSA) is 109 Å². The molecule has 0 spiro atoms. The molecule has 1 heterocycles. The van der Waals surface area contributed by atoms with Gasteiger partial charge in [0.25, 0.3) is 0 Å². The molecule has 0 saturated heterocycles. The van der Waals surface area contributed by atoms with Crippen LogP contribution in [0, 0.1) is 0 Å². The lowest BCUT2D eigenvalue weighted by Crippen LogP contribution is -2.42. The highest BCUT2D eigenvalue weighted by atomic mass is 16.5. The summed E-state index contributed by atoms with van der Waals surface area (Å²) >= 11 is 0.